The predicted octanol–water partition coefficient (Wildman–Crippen LogP) is 23.3. The van der Waals surface area contributed by atoms with E-state index in [1.807, 2.05) is 6.07 Å². The molecule has 0 aliphatic heterocycles. The second-order valence-electron chi connectivity index (χ2n) is 22.4. The van der Waals surface area contributed by atoms with Crippen molar-refractivity contribution in [2.45, 2.75) is 0 Å². The summed E-state index contributed by atoms with van der Waals surface area (Å²) in [5, 5.41) is 15.3. The van der Waals surface area contributed by atoms with Crippen LogP contribution in [0, 0.1) is 0 Å². The van der Waals surface area contributed by atoms with Gasteiger partial charge in [-0.25, -0.2) is 0 Å². The third kappa shape index (κ3) is 7.21. The van der Waals surface area contributed by atoms with Crippen LogP contribution >= 0.6 is 15.9 Å². The Morgan fingerprint density at radius 2 is 0.682 bits per heavy atom. The minimum atomic E-state index is 0.950. The maximum atomic E-state index is 6.41. The number of aromatic amines is 1. The molecule has 0 bridgehead atoms. The summed E-state index contributed by atoms with van der Waals surface area (Å²) < 4.78 is 16.1. The predicted molar refractivity (Wildman–Crippen MR) is 360 cm³/mol. The van der Waals surface area contributed by atoms with E-state index in [0.717, 1.165) is 32.5 Å². The first kappa shape index (κ1) is 47.9. The van der Waals surface area contributed by atoms with E-state index in [4.69, 9.17) is 8.83 Å². The summed E-state index contributed by atoms with van der Waals surface area (Å²) in [6.45, 7) is 0. The lowest BCUT2D eigenvalue weighted by molar-refractivity contribution is 0.669. The number of halogens is 1. The zero-order valence-electron chi connectivity index (χ0n) is 45.7. The van der Waals surface area contributed by atoms with Crippen LogP contribution in [0.5, 0.6) is 0 Å². The van der Waals surface area contributed by atoms with Crippen molar-refractivity contribution in [3.63, 3.8) is 0 Å². The van der Waals surface area contributed by atoms with E-state index in [2.05, 4.69) is 298 Å². The summed E-state index contributed by atoms with van der Waals surface area (Å²) in [5.74, 6) is 0. The number of nitrogens with zero attached hydrogens (tertiary/aromatic N) is 1. The Balaban J connectivity index is 0.000000107. The topological polar surface area (TPSA) is 47.0 Å². The SMILES string of the molecule is Brc1cccc(-c2ccccc2-c2ccccc2)c1.c1cc2c3c(c1)[nH]c1ccc4ccc5oc6cccc-2c6c5c4c13.c1ccc(-c2ccccc2-c2cccc(-n3c4cccc5c4c4c6c(ccc7oc8cccc-5c8c76)ccc43)c2)cc1. The molecule has 4 nitrogen and oxygen atoms in total. The van der Waals surface area contributed by atoms with Gasteiger partial charge in [-0.3, -0.25) is 0 Å². The van der Waals surface area contributed by atoms with Crippen LogP contribution in [0.4, 0.5) is 0 Å². The van der Waals surface area contributed by atoms with Crippen LogP contribution in [0.3, 0.4) is 0 Å². The van der Waals surface area contributed by atoms with Crippen molar-refractivity contribution in [3.05, 3.63) is 284 Å². The second kappa shape index (κ2) is 18.6. The van der Waals surface area contributed by atoms with Crippen LogP contribution in [-0.4, -0.2) is 9.55 Å². The molecule has 0 saturated heterocycles. The Morgan fingerprint density at radius 3 is 1.29 bits per heavy atom. The monoisotopic (exact) mass is 1150 g/mol. The van der Waals surface area contributed by atoms with Crippen LogP contribution in [0.2, 0.25) is 0 Å². The van der Waals surface area contributed by atoms with E-state index >= 15 is 0 Å². The first-order chi connectivity index (χ1) is 42.1. The van der Waals surface area contributed by atoms with E-state index in [0.29, 0.717) is 0 Å². The van der Waals surface area contributed by atoms with Gasteiger partial charge in [0.1, 0.15) is 22.3 Å². The van der Waals surface area contributed by atoms with Gasteiger partial charge < -0.3 is 18.4 Å². The van der Waals surface area contributed by atoms with E-state index in [-0.39, 0.29) is 0 Å². The number of benzene rings is 14. The molecule has 0 saturated carbocycles. The highest BCUT2D eigenvalue weighted by molar-refractivity contribution is 9.10. The molecule has 1 N–H and O–H groups in total. The summed E-state index contributed by atoms with van der Waals surface area (Å²) in [7, 11) is 0. The zero-order valence-corrected chi connectivity index (χ0v) is 47.3. The van der Waals surface area contributed by atoms with Gasteiger partial charge in [0.2, 0.25) is 0 Å². The molecule has 0 amide bonds. The van der Waals surface area contributed by atoms with E-state index in [1.165, 1.54) is 153 Å². The molecule has 396 valence electrons. The van der Waals surface area contributed by atoms with Gasteiger partial charge in [-0.1, -0.05) is 222 Å². The molecular formula is C80H47BrN2O2. The van der Waals surface area contributed by atoms with Crippen molar-refractivity contribution >= 4 is 125 Å². The lowest BCUT2D eigenvalue weighted by Crippen LogP contribution is -1.95. The number of aromatic nitrogens is 2. The molecule has 18 aromatic rings. The Bertz CT molecular complexity index is 5690. The highest BCUT2D eigenvalue weighted by Gasteiger charge is 2.27. The molecule has 2 aliphatic carbocycles. The quantitative estimate of drug-likeness (QED) is 0.187. The molecule has 0 atom stereocenters. The Hall–Kier alpha value is -10.7. The third-order valence-electron chi connectivity index (χ3n) is 17.8. The van der Waals surface area contributed by atoms with Gasteiger partial charge >= 0.3 is 0 Å². The molecule has 14 aromatic carbocycles. The zero-order chi connectivity index (χ0) is 55.9. The first-order valence-electron chi connectivity index (χ1n) is 28.9. The summed E-state index contributed by atoms with van der Waals surface area (Å²) in [4.78, 5) is 3.60. The van der Waals surface area contributed by atoms with Crippen LogP contribution in [0.15, 0.2) is 292 Å². The normalized spacial score (nSPS) is 12.1. The minimum Gasteiger partial charge on any atom is -0.456 e. The van der Waals surface area contributed by atoms with Gasteiger partial charge in [0.05, 0.1) is 11.0 Å². The molecule has 20 rings (SSSR count). The molecule has 2 aliphatic rings. The molecule has 0 unspecified atom stereocenters. The Kier molecular flexibility index (Phi) is 10.5. The van der Waals surface area contributed by atoms with Crippen molar-refractivity contribution in [2.24, 2.45) is 0 Å². The number of nitrogens with one attached hydrogen (secondary N) is 1. The van der Waals surface area contributed by atoms with Crippen molar-refractivity contribution < 1.29 is 8.83 Å². The molecule has 5 heteroatoms. The van der Waals surface area contributed by atoms with Crippen molar-refractivity contribution in [1.82, 2.24) is 9.55 Å². The highest BCUT2D eigenvalue weighted by Crippen LogP contribution is 2.52. The molecule has 85 heavy (non-hydrogen) atoms. The van der Waals surface area contributed by atoms with Gasteiger partial charge in [-0.2, -0.15) is 0 Å². The summed E-state index contributed by atoms with van der Waals surface area (Å²) in [5.41, 5.74) is 24.8. The maximum absolute atomic E-state index is 6.41. The fourth-order valence-electron chi connectivity index (χ4n) is 14.3. The number of fused-ring (bicyclic) bond motifs is 2. The standard InChI is InChI=1S/C40H23NO.C22H11NO.C18H13Br/c1-2-9-24(10-3-1)28-13-4-5-14-29(28)26-11-6-12-27(23-26)41-32-17-7-15-30-31-16-8-18-34-38(31)40-35(42-34)22-20-25-19-21-33(41)39(36(25)40)37(30)32;1-3-12-13-4-2-6-16-20(13)22-17(24-16)10-8-11-7-9-15-21(18(11)22)19(12)14(5-1)23-15;19-16-10-6-9-15(13-16)18-12-5-4-11-17(18)14-7-2-1-3-8-14/h1-23H;1-10,23H;1-13H. The molecule has 4 aromatic heterocycles. The Labute approximate surface area is 496 Å². The number of H-pyrrole nitrogens is 1. The van der Waals surface area contributed by atoms with Gasteiger partial charge in [-0.05, 0) is 150 Å². The number of hydrogen-bond acceptors (Lipinski definition) is 2. The van der Waals surface area contributed by atoms with Gasteiger partial charge in [0.25, 0.3) is 0 Å². The van der Waals surface area contributed by atoms with Gasteiger partial charge in [-0.15, -0.1) is 0 Å². The third-order valence-corrected chi connectivity index (χ3v) is 18.3. The van der Waals surface area contributed by atoms with Crippen LogP contribution in [0.25, 0.3) is 181 Å². The van der Waals surface area contributed by atoms with Gasteiger partial charge in [0.15, 0.2) is 0 Å². The fraction of sp³-hybridized carbons (Fsp3) is 0. The van der Waals surface area contributed by atoms with E-state index in [9.17, 15) is 0 Å². The lowest BCUT2D eigenvalue weighted by atomic mass is 9.94. The van der Waals surface area contributed by atoms with Crippen LogP contribution < -0.4 is 0 Å². The average Bonchev–Trinajstić information content (AvgIpc) is 1.63. The Morgan fingerprint density at radius 1 is 0.259 bits per heavy atom. The summed E-state index contributed by atoms with van der Waals surface area (Å²) in [6.07, 6.45) is 0. The fourth-order valence-corrected chi connectivity index (χ4v) is 14.7. The highest BCUT2D eigenvalue weighted by atomic mass is 79.9. The molecule has 4 heterocycles. The average molecular weight is 1150 g/mol. The first-order valence-corrected chi connectivity index (χ1v) is 29.7. The molecule has 0 radical (unpaired) electrons. The van der Waals surface area contributed by atoms with Crippen molar-refractivity contribution in [3.8, 4) is 72.4 Å². The summed E-state index contributed by atoms with van der Waals surface area (Å²) in [6, 6.07) is 99.5. The smallest absolute Gasteiger partial charge is 0.136 e. The number of hydrogen-bond donors (Lipinski definition) is 1. The van der Waals surface area contributed by atoms with Crippen LogP contribution in [0.1, 0.15) is 0 Å². The molecule has 0 spiro atoms. The van der Waals surface area contributed by atoms with Gasteiger partial charge in [0, 0.05) is 75.1 Å². The van der Waals surface area contributed by atoms with Crippen molar-refractivity contribution in [1.29, 1.82) is 0 Å². The summed E-state index contributed by atoms with van der Waals surface area (Å²) >= 11 is 3.54. The minimum absolute atomic E-state index is 0.950. The maximum Gasteiger partial charge on any atom is 0.136 e. The lowest BCUT2D eigenvalue weighted by Gasteiger charge is -2.14. The van der Waals surface area contributed by atoms with Crippen molar-refractivity contribution in [2.75, 3.05) is 0 Å². The second-order valence-corrected chi connectivity index (χ2v) is 23.3. The number of rotatable bonds is 5. The van der Waals surface area contributed by atoms with E-state index in [1.54, 1.807) is 0 Å². The van der Waals surface area contributed by atoms with Crippen LogP contribution in [-0.2, 0) is 0 Å². The van der Waals surface area contributed by atoms with E-state index < -0.39 is 0 Å². The molecule has 0 fully saturated rings. The largest absolute Gasteiger partial charge is 0.456 e. The molecular weight excluding hydrogens is 1100 g/mol. The number of furan rings is 2.